The number of H-pyrrole nitrogens is 1. The minimum Gasteiger partial charge on any atom is -0.351 e. The lowest BCUT2D eigenvalue weighted by Crippen LogP contribution is -2.36. The molecule has 1 amide bonds. The lowest BCUT2D eigenvalue weighted by Gasteiger charge is -2.09. The Morgan fingerprint density at radius 1 is 1.39 bits per heavy atom. The summed E-state index contributed by atoms with van der Waals surface area (Å²) >= 11 is 5.92. The first-order valence-electron chi connectivity index (χ1n) is 6.02. The van der Waals surface area contributed by atoms with E-state index in [1.807, 2.05) is 24.3 Å². The predicted molar refractivity (Wildman–Crippen MR) is 72.0 cm³/mol. The van der Waals surface area contributed by atoms with Gasteiger partial charge in [-0.3, -0.25) is 4.79 Å². The van der Waals surface area contributed by atoms with Gasteiger partial charge in [0, 0.05) is 28.5 Å². The highest BCUT2D eigenvalue weighted by Crippen LogP contribution is 2.20. The zero-order valence-corrected chi connectivity index (χ0v) is 10.6. The van der Waals surface area contributed by atoms with E-state index in [0.29, 0.717) is 10.7 Å². The molecule has 3 rings (SSSR count). The number of amides is 1. The number of fused-ring (bicyclic) bond motifs is 1. The number of carbonyl (C=O) groups is 1. The number of hydrogen-bond donors (Lipinski definition) is 3. The fourth-order valence-corrected chi connectivity index (χ4v) is 2.45. The molecule has 0 spiro atoms. The van der Waals surface area contributed by atoms with Crippen molar-refractivity contribution in [3.63, 3.8) is 0 Å². The van der Waals surface area contributed by atoms with Crippen molar-refractivity contribution in [2.45, 2.75) is 12.5 Å². The maximum atomic E-state index is 12.1. The number of rotatable bonds is 2. The van der Waals surface area contributed by atoms with E-state index in [9.17, 15) is 4.79 Å². The first-order chi connectivity index (χ1) is 8.72. The van der Waals surface area contributed by atoms with Crippen molar-refractivity contribution in [1.29, 1.82) is 0 Å². The molecule has 94 valence electrons. The van der Waals surface area contributed by atoms with Crippen molar-refractivity contribution in [2.24, 2.45) is 0 Å². The molecule has 1 aromatic heterocycles. The van der Waals surface area contributed by atoms with Crippen molar-refractivity contribution >= 4 is 28.4 Å². The second-order valence-corrected chi connectivity index (χ2v) is 5.01. The van der Waals surface area contributed by atoms with E-state index in [4.69, 9.17) is 11.6 Å². The van der Waals surface area contributed by atoms with E-state index in [2.05, 4.69) is 15.6 Å². The number of nitrogens with one attached hydrogen (secondary N) is 3. The van der Waals surface area contributed by atoms with Crippen molar-refractivity contribution in [2.75, 3.05) is 13.1 Å². The molecular weight excluding hydrogens is 250 g/mol. The van der Waals surface area contributed by atoms with E-state index in [1.54, 1.807) is 0 Å². The average Bonchev–Trinajstić information content (AvgIpc) is 2.96. The monoisotopic (exact) mass is 263 g/mol. The summed E-state index contributed by atoms with van der Waals surface area (Å²) in [5.74, 6) is -0.0592. The molecule has 0 radical (unpaired) electrons. The molecule has 1 atom stereocenters. The lowest BCUT2D eigenvalue weighted by atomic mass is 10.2. The van der Waals surface area contributed by atoms with Crippen LogP contribution in [0.3, 0.4) is 0 Å². The Kier molecular flexibility index (Phi) is 2.97. The number of aromatic amines is 1. The molecule has 1 aliphatic rings. The lowest BCUT2D eigenvalue weighted by molar-refractivity contribution is 0.0936. The third-order valence-corrected chi connectivity index (χ3v) is 3.46. The Morgan fingerprint density at radius 2 is 2.28 bits per heavy atom. The fourth-order valence-electron chi connectivity index (χ4n) is 2.27. The van der Waals surface area contributed by atoms with Crippen LogP contribution < -0.4 is 10.6 Å². The molecule has 2 aromatic rings. The highest BCUT2D eigenvalue weighted by molar-refractivity contribution is 6.31. The van der Waals surface area contributed by atoms with Gasteiger partial charge in [0.2, 0.25) is 0 Å². The molecule has 0 saturated carbocycles. The van der Waals surface area contributed by atoms with Crippen LogP contribution in [0.4, 0.5) is 0 Å². The van der Waals surface area contributed by atoms with Gasteiger partial charge in [0.15, 0.2) is 0 Å². The van der Waals surface area contributed by atoms with Gasteiger partial charge >= 0.3 is 0 Å². The molecule has 1 aromatic carbocycles. The highest BCUT2D eigenvalue weighted by Gasteiger charge is 2.18. The van der Waals surface area contributed by atoms with Crippen LogP contribution >= 0.6 is 11.6 Å². The smallest absolute Gasteiger partial charge is 0.267 e. The fraction of sp³-hybridized carbons (Fsp3) is 0.308. The molecule has 18 heavy (non-hydrogen) atoms. The van der Waals surface area contributed by atoms with Gasteiger partial charge in [-0.25, -0.2) is 0 Å². The molecule has 1 aliphatic heterocycles. The second kappa shape index (κ2) is 4.63. The topological polar surface area (TPSA) is 56.9 Å². The molecular formula is C13H14ClN3O. The van der Waals surface area contributed by atoms with Crippen LogP contribution in [-0.2, 0) is 0 Å². The summed E-state index contributed by atoms with van der Waals surface area (Å²) in [6.07, 6.45) is 0.984. The third-order valence-electron chi connectivity index (χ3n) is 3.22. The van der Waals surface area contributed by atoms with Gasteiger partial charge in [-0.1, -0.05) is 11.6 Å². The van der Waals surface area contributed by atoms with Gasteiger partial charge in [0.25, 0.3) is 5.91 Å². The van der Waals surface area contributed by atoms with Crippen molar-refractivity contribution in [1.82, 2.24) is 15.6 Å². The molecule has 2 heterocycles. The minimum absolute atomic E-state index is 0.0592. The summed E-state index contributed by atoms with van der Waals surface area (Å²) < 4.78 is 0. The Balaban J connectivity index is 1.82. The van der Waals surface area contributed by atoms with Crippen molar-refractivity contribution < 1.29 is 4.79 Å². The Labute approximate surface area is 110 Å². The van der Waals surface area contributed by atoms with E-state index in [0.717, 1.165) is 30.4 Å². The maximum absolute atomic E-state index is 12.1. The molecule has 0 unspecified atom stereocenters. The first-order valence-corrected chi connectivity index (χ1v) is 6.40. The van der Waals surface area contributed by atoms with Crippen LogP contribution in [-0.4, -0.2) is 30.0 Å². The van der Waals surface area contributed by atoms with E-state index < -0.39 is 0 Å². The van der Waals surface area contributed by atoms with Gasteiger partial charge in [-0.15, -0.1) is 0 Å². The first kappa shape index (κ1) is 11.6. The van der Waals surface area contributed by atoms with Crippen LogP contribution in [0.25, 0.3) is 10.9 Å². The van der Waals surface area contributed by atoms with Crippen LogP contribution in [0.5, 0.6) is 0 Å². The van der Waals surface area contributed by atoms with Gasteiger partial charge in [0.1, 0.15) is 5.69 Å². The molecule has 1 saturated heterocycles. The Morgan fingerprint density at radius 3 is 3.06 bits per heavy atom. The number of carbonyl (C=O) groups excluding carboxylic acids is 1. The van der Waals surface area contributed by atoms with Gasteiger partial charge in [-0.05, 0) is 37.2 Å². The maximum Gasteiger partial charge on any atom is 0.267 e. The van der Waals surface area contributed by atoms with Crippen molar-refractivity contribution in [3.8, 4) is 0 Å². The molecule has 4 nitrogen and oxygen atoms in total. The zero-order chi connectivity index (χ0) is 12.5. The standard InChI is InChI=1S/C13H14ClN3O/c14-9-1-2-11-8(5-9)6-12(17-11)13(18)16-10-3-4-15-7-10/h1-2,5-6,10,15,17H,3-4,7H2,(H,16,18)/t10-/m0/s1. The summed E-state index contributed by atoms with van der Waals surface area (Å²) in [6.45, 7) is 1.81. The molecule has 1 fully saturated rings. The quantitative estimate of drug-likeness (QED) is 0.775. The van der Waals surface area contributed by atoms with Gasteiger partial charge in [-0.2, -0.15) is 0 Å². The number of aromatic nitrogens is 1. The summed E-state index contributed by atoms with van der Waals surface area (Å²) in [5, 5.41) is 7.86. The second-order valence-electron chi connectivity index (χ2n) is 4.58. The molecule has 3 N–H and O–H groups in total. The third kappa shape index (κ3) is 2.21. The number of benzene rings is 1. The van der Waals surface area contributed by atoms with Crippen LogP contribution in [0, 0.1) is 0 Å². The zero-order valence-electron chi connectivity index (χ0n) is 9.79. The minimum atomic E-state index is -0.0592. The van der Waals surface area contributed by atoms with E-state index in [-0.39, 0.29) is 11.9 Å². The molecule has 0 aliphatic carbocycles. The normalized spacial score (nSPS) is 19.3. The average molecular weight is 264 g/mol. The largest absolute Gasteiger partial charge is 0.351 e. The van der Waals surface area contributed by atoms with Gasteiger partial charge < -0.3 is 15.6 Å². The molecule has 0 bridgehead atoms. The summed E-state index contributed by atoms with van der Waals surface area (Å²) in [4.78, 5) is 15.2. The molecule has 5 heteroatoms. The summed E-state index contributed by atoms with van der Waals surface area (Å²) in [7, 11) is 0. The van der Waals surface area contributed by atoms with E-state index in [1.165, 1.54) is 0 Å². The summed E-state index contributed by atoms with van der Waals surface area (Å²) in [5.41, 5.74) is 1.51. The highest BCUT2D eigenvalue weighted by atomic mass is 35.5. The predicted octanol–water partition coefficient (Wildman–Crippen LogP) is 1.91. The Bertz CT molecular complexity index is 587. The van der Waals surface area contributed by atoms with Crippen molar-refractivity contribution in [3.05, 3.63) is 35.0 Å². The Hall–Kier alpha value is -1.52. The number of hydrogen-bond acceptors (Lipinski definition) is 2. The van der Waals surface area contributed by atoms with Crippen LogP contribution in [0.1, 0.15) is 16.9 Å². The summed E-state index contributed by atoms with van der Waals surface area (Å²) in [6, 6.07) is 7.60. The van der Waals surface area contributed by atoms with Crippen LogP contribution in [0.15, 0.2) is 24.3 Å². The van der Waals surface area contributed by atoms with E-state index >= 15 is 0 Å². The number of halogens is 1. The van der Waals surface area contributed by atoms with Crippen LogP contribution in [0.2, 0.25) is 5.02 Å². The SMILES string of the molecule is O=C(N[C@H]1CCNC1)c1cc2cc(Cl)ccc2[nH]1. The van der Waals surface area contributed by atoms with Gasteiger partial charge in [0.05, 0.1) is 0 Å².